The molecule has 2 aromatic carbocycles. The van der Waals surface area contributed by atoms with E-state index in [4.69, 9.17) is 0 Å². The van der Waals surface area contributed by atoms with Gasteiger partial charge in [0.25, 0.3) is 15.6 Å². The Kier molecular flexibility index (Phi) is 6.54. The van der Waals surface area contributed by atoms with Gasteiger partial charge in [0.1, 0.15) is 5.69 Å². The standard InChI is InChI=1S/C29H36N4O4S/c1-29(2,3)15-27(34)32-16-19-14-20(18-32)24-13-12-23(28(35)33(24)17-19)30-38(36,37)26-11-7-8-21-22(26)9-6-10-25(21)31(4)5/h6-13,19-20,30H,14-18H2,1-5H3/t19-,20+/m0/s1. The fourth-order valence-corrected chi connectivity index (χ4v) is 7.16. The maximum absolute atomic E-state index is 13.5. The summed E-state index contributed by atoms with van der Waals surface area (Å²) in [5.74, 6) is 0.379. The molecule has 0 spiro atoms. The lowest BCUT2D eigenvalue weighted by Gasteiger charge is -2.43. The second kappa shape index (κ2) is 9.45. The van der Waals surface area contributed by atoms with Crippen LogP contribution in [0.4, 0.5) is 11.4 Å². The highest BCUT2D eigenvalue weighted by molar-refractivity contribution is 7.93. The van der Waals surface area contributed by atoms with Crippen LogP contribution in [0.3, 0.4) is 0 Å². The summed E-state index contributed by atoms with van der Waals surface area (Å²) in [6.45, 7) is 7.86. The molecule has 1 amide bonds. The normalized spacial score (nSPS) is 19.2. The van der Waals surface area contributed by atoms with Crippen molar-refractivity contribution in [3.63, 3.8) is 0 Å². The largest absolute Gasteiger partial charge is 0.377 e. The number of amides is 1. The Morgan fingerprint density at radius 3 is 2.42 bits per heavy atom. The summed E-state index contributed by atoms with van der Waals surface area (Å²) < 4.78 is 31.3. The molecule has 202 valence electrons. The molecule has 0 radical (unpaired) electrons. The molecule has 0 saturated carbocycles. The van der Waals surface area contributed by atoms with E-state index in [2.05, 4.69) is 25.5 Å². The number of hydrogen-bond acceptors (Lipinski definition) is 5. The Hall–Kier alpha value is -3.33. The second-order valence-corrected chi connectivity index (χ2v) is 13.7. The van der Waals surface area contributed by atoms with Gasteiger partial charge in [0.05, 0.1) is 4.90 Å². The third-order valence-electron chi connectivity index (χ3n) is 7.51. The maximum Gasteiger partial charge on any atom is 0.275 e. The first-order valence-electron chi connectivity index (χ1n) is 13.1. The SMILES string of the molecule is CN(C)c1cccc2c(S(=O)(=O)Nc3ccc4n(c3=O)C[C@H]3C[C@@H]4CN(C(=O)CC(C)(C)C)C3)cccc12. The highest BCUT2D eigenvalue weighted by Gasteiger charge is 2.37. The van der Waals surface area contributed by atoms with Gasteiger partial charge in [-0.3, -0.25) is 14.3 Å². The van der Waals surface area contributed by atoms with Gasteiger partial charge in [-0.15, -0.1) is 0 Å². The fourth-order valence-electron chi connectivity index (χ4n) is 5.88. The van der Waals surface area contributed by atoms with E-state index in [1.807, 2.05) is 48.2 Å². The number of piperidine rings is 1. The van der Waals surface area contributed by atoms with Gasteiger partial charge in [0.2, 0.25) is 5.91 Å². The van der Waals surface area contributed by atoms with Crippen molar-refractivity contribution in [3.8, 4) is 0 Å². The molecule has 0 unspecified atom stereocenters. The van der Waals surface area contributed by atoms with Gasteiger partial charge < -0.3 is 14.4 Å². The molecule has 3 heterocycles. The zero-order chi connectivity index (χ0) is 27.4. The molecule has 5 rings (SSSR count). The van der Waals surface area contributed by atoms with E-state index in [-0.39, 0.29) is 39.3 Å². The minimum absolute atomic E-state index is 0.0372. The summed E-state index contributed by atoms with van der Waals surface area (Å²) in [6, 6.07) is 14.1. The smallest absolute Gasteiger partial charge is 0.275 e. The Morgan fingerprint density at radius 2 is 1.71 bits per heavy atom. The molecule has 2 aliphatic rings. The number of pyridine rings is 1. The van der Waals surface area contributed by atoms with Crippen molar-refractivity contribution in [2.24, 2.45) is 11.3 Å². The molecule has 0 aliphatic carbocycles. The minimum Gasteiger partial charge on any atom is -0.377 e. The number of carbonyl (C=O) groups is 1. The number of likely N-dealkylation sites (tertiary alicyclic amines) is 1. The summed E-state index contributed by atoms with van der Waals surface area (Å²) in [4.78, 5) is 30.4. The number of carbonyl (C=O) groups excluding carboxylic acids is 1. The molecule has 3 aromatic rings. The average Bonchev–Trinajstić information content (AvgIpc) is 2.84. The van der Waals surface area contributed by atoms with Gasteiger partial charge in [0.15, 0.2) is 0 Å². The molecule has 2 bridgehead atoms. The number of benzene rings is 2. The summed E-state index contributed by atoms with van der Waals surface area (Å²) in [5.41, 5.74) is 1.39. The number of hydrogen-bond donors (Lipinski definition) is 1. The Morgan fingerprint density at radius 1 is 1.00 bits per heavy atom. The van der Waals surface area contributed by atoms with Crippen molar-refractivity contribution in [3.05, 3.63) is 64.6 Å². The first-order valence-corrected chi connectivity index (χ1v) is 14.6. The van der Waals surface area contributed by atoms with E-state index in [0.29, 0.717) is 31.4 Å². The molecule has 8 nitrogen and oxygen atoms in total. The predicted molar refractivity (Wildman–Crippen MR) is 151 cm³/mol. The van der Waals surface area contributed by atoms with Crippen molar-refractivity contribution in [1.29, 1.82) is 0 Å². The van der Waals surface area contributed by atoms with E-state index in [1.165, 1.54) is 0 Å². The number of nitrogens with zero attached hydrogens (tertiary/aromatic N) is 3. The first-order chi connectivity index (χ1) is 17.8. The summed E-state index contributed by atoms with van der Waals surface area (Å²) in [5, 5.41) is 1.42. The Labute approximate surface area is 224 Å². The van der Waals surface area contributed by atoms with Gasteiger partial charge in [-0.25, -0.2) is 8.42 Å². The quantitative estimate of drug-likeness (QED) is 0.526. The van der Waals surface area contributed by atoms with Crippen molar-refractivity contribution in [1.82, 2.24) is 9.47 Å². The van der Waals surface area contributed by atoms with Crippen LogP contribution in [0.1, 0.15) is 45.2 Å². The van der Waals surface area contributed by atoms with Crippen molar-refractivity contribution in [2.75, 3.05) is 36.8 Å². The number of nitrogens with one attached hydrogen (secondary N) is 1. The lowest BCUT2D eigenvalue weighted by atomic mass is 9.82. The van der Waals surface area contributed by atoms with Crippen molar-refractivity contribution in [2.45, 2.75) is 51.0 Å². The van der Waals surface area contributed by atoms with Crippen LogP contribution in [0, 0.1) is 11.3 Å². The lowest BCUT2D eigenvalue weighted by Crippen LogP contribution is -2.49. The highest BCUT2D eigenvalue weighted by atomic mass is 32.2. The third kappa shape index (κ3) is 4.91. The van der Waals surface area contributed by atoms with Crippen LogP contribution in [0.15, 0.2) is 58.2 Å². The van der Waals surface area contributed by atoms with E-state index < -0.39 is 10.0 Å². The minimum atomic E-state index is -4.02. The lowest BCUT2D eigenvalue weighted by molar-refractivity contribution is -0.135. The molecule has 1 fully saturated rings. The molecule has 9 heteroatoms. The maximum atomic E-state index is 13.5. The summed E-state index contributed by atoms with van der Waals surface area (Å²) in [7, 11) is -0.194. The van der Waals surface area contributed by atoms with Crippen LogP contribution in [-0.2, 0) is 21.4 Å². The number of sulfonamides is 1. The number of fused-ring (bicyclic) bond motifs is 5. The topological polar surface area (TPSA) is 91.7 Å². The number of anilines is 2. The van der Waals surface area contributed by atoms with Gasteiger partial charge in [0, 0.05) is 68.2 Å². The van der Waals surface area contributed by atoms with Crippen LogP contribution >= 0.6 is 0 Å². The van der Waals surface area contributed by atoms with Crippen LogP contribution < -0.4 is 15.2 Å². The fraction of sp³-hybridized carbons (Fsp3) is 0.448. The van der Waals surface area contributed by atoms with Gasteiger partial charge in [-0.2, -0.15) is 0 Å². The van der Waals surface area contributed by atoms with Crippen molar-refractivity contribution >= 4 is 38.1 Å². The Balaban J connectivity index is 1.44. The molecular formula is C29H36N4O4S. The molecule has 2 atom stereocenters. The third-order valence-corrected chi connectivity index (χ3v) is 8.94. The van der Waals surface area contributed by atoms with Crippen LogP contribution in [-0.4, -0.2) is 51.0 Å². The van der Waals surface area contributed by atoms with E-state index in [9.17, 15) is 18.0 Å². The molecular weight excluding hydrogens is 500 g/mol. The van der Waals surface area contributed by atoms with Crippen LogP contribution in [0.5, 0.6) is 0 Å². The average molecular weight is 537 g/mol. The predicted octanol–water partition coefficient (Wildman–Crippen LogP) is 4.25. The molecule has 1 aromatic heterocycles. The molecule has 1 N–H and O–H groups in total. The zero-order valence-electron chi connectivity index (χ0n) is 22.7. The van der Waals surface area contributed by atoms with Crippen LogP contribution in [0.2, 0.25) is 0 Å². The molecule has 2 aliphatic heterocycles. The van der Waals surface area contributed by atoms with Gasteiger partial charge >= 0.3 is 0 Å². The van der Waals surface area contributed by atoms with Crippen LogP contribution in [0.25, 0.3) is 10.8 Å². The van der Waals surface area contributed by atoms with Gasteiger partial charge in [-0.05, 0) is 42.0 Å². The first kappa shape index (κ1) is 26.3. The zero-order valence-corrected chi connectivity index (χ0v) is 23.5. The van der Waals surface area contributed by atoms with E-state index >= 15 is 0 Å². The van der Waals surface area contributed by atoms with E-state index in [0.717, 1.165) is 23.2 Å². The second-order valence-electron chi connectivity index (χ2n) is 12.1. The van der Waals surface area contributed by atoms with E-state index in [1.54, 1.807) is 28.8 Å². The monoisotopic (exact) mass is 536 g/mol. The highest BCUT2D eigenvalue weighted by Crippen LogP contribution is 2.37. The number of rotatable bonds is 5. The summed E-state index contributed by atoms with van der Waals surface area (Å²) >= 11 is 0. The number of aromatic nitrogens is 1. The summed E-state index contributed by atoms with van der Waals surface area (Å²) in [6.07, 6.45) is 1.41. The van der Waals surface area contributed by atoms with Gasteiger partial charge in [-0.1, -0.05) is 45.0 Å². The Bertz CT molecular complexity index is 1570. The van der Waals surface area contributed by atoms with Crippen molar-refractivity contribution < 1.29 is 13.2 Å². The molecule has 38 heavy (non-hydrogen) atoms. The molecule has 1 saturated heterocycles.